The smallest absolute Gasteiger partial charge is 0.239 e. The fraction of sp³-hybridized carbons (Fsp3) is 0.400. The van der Waals surface area contributed by atoms with Crippen molar-refractivity contribution in [1.82, 2.24) is 15.0 Å². The molecule has 0 saturated carbocycles. The van der Waals surface area contributed by atoms with Crippen LogP contribution < -0.4 is 4.90 Å². The molecule has 5 aromatic rings. The van der Waals surface area contributed by atoms with Crippen LogP contribution in [0.4, 0.5) is 17.3 Å². The summed E-state index contributed by atoms with van der Waals surface area (Å²) in [6, 6.07) is 25.3. The monoisotopic (exact) mass is 778 g/mol. The summed E-state index contributed by atoms with van der Waals surface area (Å²) in [6.45, 7) is 25.7. The average molecular weight is 779 g/mol. The summed E-state index contributed by atoms with van der Waals surface area (Å²) in [5.74, 6) is 2.59. The van der Waals surface area contributed by atoms with Crippen molar-refractivity contribution in [2.75, 3.05) is 4.90 Å². The van der Waals surface area contributed by atoms with Gasteiger partial charge in [-0.2, -0.15) is 15.0 Å². The summed E-state index contributed by atoms with van der Waals surface area (Å²) in [4.78, 5) is 19.8. The maximum Gasteiger partial charge on any atom is 0.239 e. The molecule has 0 fully saturated rings. The molecule has 1 aliphatic rings. The third-order valence-electron chi connectivity index (χ3n) is 9.52. The Morgan fingerprint density at radius 1 is 0.519 bits per heavy atom. The van der Waals surface area contributed by atoms with Crippen molar-refractivity contribution in [2.24, 2.45) is 0 Å². The Balaban J connectivity index is 1.44. The van der Waals surface area contributed by atoms with Crippen LogP contribution in [0.5, 0.6) is 11.5 Å². The maximum atomic E-state index is 11.4. The van der Waals surface area contributed by atoms with Gasteiger partial charge in [-0.1, -0.05) is 167 Å². The number of aromatic nitrogens is 3. The minimum atomic E-state index is -0.226. The number of nitrogens with zero attached hydrogens (tertiary/aromatic N) is 4. The molecule has 4 aromatic carbocycles. The molecule has 0 amide bonds. The number of hydrogen-bond donors (Lipinski definition) is 2. The van der Waals surface area contributed by atoms with E-state index in [1.807, 2.05) is 0 Å². The SMILES string of the molecule is CC(C)(C)c1cc(CSc2nc(SCc3cc(C(C)(C)C)c(O)c(C(C)(C)C)c3)nc(N3c4ccccc4Sc4ccccc43)n2)cc(C(C)(C)C)c1O. The van der Waals surface area contributed by atoms with Crippen molar-refractivity contribution < 1.29 is 10.2 Å². The Hall–Kier alpha value is -3.66. The van der Waals surface area contributed by atoms with Crippen LogP contribution in [0.25, 0.3) is 0 Å². The highest BCUT2D eigenvalue weighted by atomic mass is 32.2. The van der Waals surface area contributed by atoms with E-state index in [9.17, 15) is 10.2 Å². The van der Waals surface area contributed by atoms with Gasteiger partial charge in [0.05, 0.1) is 11.4 Å². The number of phenols is 2. The van der Waals surface area contributed by atoms with Gasteiger partial charge in [0.1, 0.15) is 11.5 Å². The van der Waals surface area contributed by atoms with Gasteiger partial charge < -0.3 is 10.2 Å². The van der Waals surface area contributed by atoms with Gasteiger partial charge in [0.25, 0.3) is 0 Å². The number of hydrogen-bond acceptors (Lipinski definition) is 9. The number of fused-ring (bicyclic) bond motifs is 2. The van der Waals surface area contributed by atoms with E-state index in [4.69, 9.17) is 15.0 Å². The average Bonchev–Trinajstić information content (AvgIpc) is 3.07. The molecule has 2 heterocycles. The van der Waals surface area contributed by atoms with Crippen LogP contribution in [-0.4, -0.2) is 25.2 Å². The van der Waals surface area contributed by atoms with Crippen LogP contribution in [0, 0.1) is 0 Å². The summed E-state index contributed by atoms with van der Waals surface area (Å²) in [5, 5.41) is 24.0. The maximum absolute atomic E-state index is 11.4. The summed E-state index contributed by atoms with van der Waals surface area (Å²) in [7, 11) is 0. The third-order valence-corrected chi connectivity index (χ3v) is 12.5. The highest BCUT2D eigenvalue weighted by molar-refractivity contribution is 8.00. The molecular formula is C45H54N4O2S3. The lowest BCUT2D eigenvalue weighted by molar-refractivity contribution is 0.422. The van der Waals surface area contributed by atoms with Crippen molar-refractivity contribution in [3.05, 3.63) is 106 Å². The second kappa shape index (κ2) is 14.8. The minimum absolute atomic E-state index is 0.226. The van der Waals surface area contributed by atoms with Gasteiger partial charge in [-0.05, 0) is 79.3 Å². The predicted molar refractivity (Wildman–Crippen MR) is 229 cm³/mol. The third kappa shape index (κ3) is 8.58. The molecule has 54 heavy (non-hydrogen) atoms. The lowest BCUT2D eigenvalue weighted by atomic mass is 9.78. The largest absolute Gasteiger partial charge is 0.507 e. The Kier molecular flexibility index (Phi) is 10.9. The molecule has 6 rings (SSSR count). The quantitative estimate of drug-likeness (QED) is 0.154. The number of phenolic OH excluding ortho intramolecular Hbond substituents is 2. The van der Waals surface area contributed by atoms with E-state index in [0.29, 0.717) is 39.3 Å². The topological polar surface area (TPSA) is 82.4 Å². The molecular weight excluding hydrogens is 725 g/mol. The Morgan fingerprint density at radius 2 is 0.852 bits per heavy atom. The lowest BCUT2D eigenvalue weighted by Crippen LogP contribution is -2.18. The Bertz CT molecular complexity index is 1970. The van der Waals surface area contributed by atoms with Crippen LogP contribution in [0.3, 0.4) is 0 Å². The van der Waals surface area contributed by atoms with E-state index in [-0.39, 0.29) is 21.7 Å². The Labute approximate surface area is 335 Å². The lowest BCUT2D eigenvalue weighted by Gasteiger charge is -2.31. The fourth-order valence-electron chi connectivity index (χ4n) is 6.61. The van der Waals surface area contributed by atoms with E-state index in [1.54, 1.807) is 35.3 Å². The normalized spacial score (nSPS) is 13.5. The van der Waals surface area contributed by atoms with Crippen LogP contribution in [-0.2, 0) is 33.2 Å². The minimum Gasteiger partial charge on any atom is -0.507 e. The first-order valence-corrected chi connectivity index (χ1v) is 21.3. The molecule has 0 spiro atoms. The van der Waals surface area contributed by atoms with Crippen LogP contribution >= 0.6 is 35.3 Å². The first-order chi connectivity index (χ1) is 25.1. The zero-order valence-corrected chi connectivity index (χ0v) is 36.2. The van der Waals surface area contributed by atoms with Gasteiger partial charge in [-0.3, -0.25) is 4.90 Å². The van der Waals surface area contributed by atoms with E-state index in [0.717, 1.165) is 54.5 Å². The van der Waals surface area contributed by atoms with Gasteiger partial charge in [0.15, 0.2) is 10.3 Å². The summed E-state index contributed by atoms with van der Waals surface area (Å²) < 4.78 is 0. The highest BCUT2D eigenvalue weighted by Gasteiger charge is 2.30. The van der Waals surface area contributed by atoms with E-state index in [1.165, 1.54) is 0 Å². The van der Waals surface area contributed by atoms with Gasteiger partial charge >= 0.3 is 0 Å². The standard InChI is InChI=1S/C45H54N4O2S3/c1-42(2,3)29-21-27(22-30(37(29)50)43(4,5)6)25-52-40-46-39(49-33-17-13-15-19-35(33)54-36-20-16-14-18-34(36)49)47-41(48-40)53-26-28-23-31(44(7,8)9)38(51)32(24-28)45(10,11)12/h13-24,50-51H,25-26H2,1-12H3. The first-order valence-electron chi connectivity index (χ1n) is 18.5. The zero-order chi connectivity index (χ0) is 39.4. The molecule has 2 N–H and O–H groups in total. The number of anilines is 3. The van der Waals surface area contributed by atoms with Crippen LogP contribution in [0.2, 0.25) is 0 Å². The summed E-state index contributed by atoms with van der Waals surface area (Å²) in [5.41, 5.74) is 7.15. The molecule has 0 aliphatic carbocycles. The van der Waals surface area contributed by atoms with Crippen molar-refractivity contribution in [1.29, 1.82) is 0 Å². The van der Waals surface area contributed by atoms with Crippen LogP contribution in [0.15, 0.2) is 92.9 Å². The van der Waals surface area contributed by atoms with Crippen molar-refractivity contribution in [3.8, 4) is 11.5 Å². The molecule has 0 atom stereocenters. The zero-order valence-electron chi connectivity index (χ0n) is 33.8. The molecule has 0 saturated heterocycles. The molecule has 1 aromatic heterocycles. The second-order valence-corrected chi connectivity index (χ2v) is 21.2. The molecule has 284 valence electrons. The molecule has 0 bridgehead atoms. The molecule has 9 heteroatoms. The van der Waals surface area contributed by atoms with E-state index >= 15 is 0 Å². The van der Waals surface area contributed by atoms with Crippen LogP contribution in [0.1, 0.15) is 116 Å². The van der Waals surface area contributed by atoms with E-state index in [2.05, 4.69) is 161 Å². The fourth-order valence-corrected chi connectivity index (χ4v) is 9.25. The van der Waals surface area contributed by atoms with Gasteiger partial charge in [0.2, 0.25) is 5.95 Å². The van der Waals surface area contributed by atoms with Gasteiger partial charge in [-0.25, -0.2) is 0 Å². The van der Waals surface area contributed by atoms with Crippen molar-refractivity contribution >= 4 is 52.6 Å². The molecule has 6 nitrogen and oxygen atoms in total. The van der Waals surface area contributed by atoms with Crippen molar-refractivity contribution in [2.45, 2.75) is 136 Å². The number of aromatic hydroxyl groups is 2. The molecule has 1 aliphatic heterocycles. The number of thioether (sulfide) groups is 2. The summed E-state index contributed by atoms with van der Waals surface area (Å²) in [6.07, 6.45) is 0. The highest BCUT2D eigenvalue weighted by Crippen LogP contribution is 2.51. The van der Waals surface area contributed by atoms with Gasteiger partial charge in [0, 0.05) is 21.3 Å². The first kappa shape index (κ1) is 40.0. The van der Waals surface area contributed by atoms with Gasteiger partial charge in [-0.15, -0.1) is 0 Å². The Morgan fingerprint density at radius 3 is 1.19 bits per heavy atom. The molecule has 0 unspecified atom stereocenters. The van der Waals surface area contributed by atoms with Crippen molar-refractivity contribution in [3.63, 3.8) is 0 Å². The van der Waals surface area contributed by atoms with E-state index < -0.39 is 0 Å². The predicted octanol–water partition coefficient (Wildman–Crippen LogP) is 13.0. The number of benzene rings is 4. The second-order valence-electron chi connectivity index (χ2n) is 18.2. The number of para-hydroxylation sites is 2. The summed E-state index contributed by atoms with van der Waals surface area (Å²) >= 11 is 4.93. The molecule has 0 radical (unpaired) electrons. The number of rotatable bonds is 7.